The summed E-state index contributed by atoms with van der Waals surface area (Å²) in [6.45, 7) is 0. The molecule has 0 radical (unpaired) electrons. The molecule has 2 N–H and O–H groups in total. The van der Waals surface area contributed by atoms with Crippen molar-refractivity contribution in [2.24, 2.45) is 5.16 Å². The average Bonchev–Trinajstić information content (AvgIpc) is 2.57. The van der Waals surface area contributed by atoms with E-state index in [2.05, 4.69) is 9.89 Å². The summed E-state index contributed by atoms with van der Waals surface area (Å²) < 4.78 is 4.58. The number of hydrogen-bond acceptors (Lipinski definition) is 6. The Morgan fingerprint density at radius 3 is 2.65 bits per heavy atom. The summed E-state index contributed by atoms with van der Waals surface area (Å²) in [7, 11) is 1.36. The first kappa shape index (κ1) is 17.1. The van der Waals surface area contributed by atoms with Crippen molar-refractivity contribution in [1.82, 2.24) is 0 Å². The maximum absolute atomic E-state index is 11.1. The van der Waals surface area contributed by atoms with E-state index in [0.717, 1.165) is 15.7 Å². The maximum Gasteiger partial charge on any atom is 0.305 e. The summed E-state index contributed by atoms with van der Waals surface area (Å²) >= 11 is 1.57. The number of ether oxygens (including phenoxy) is 1. The zero-order chi connectivity index (χ0) is 16.7. The standard InChI is InChI=1S/C17H19NO4S/c1-22-17(20)4-2-3-14(18-21)11-23-16-8-6-12-9-15(19)7-5-13(12)10-16/h5-10,19,21H,2-4,11H2,1H3/b18-14+. The lowest BCUT2D eigenvalue weighted by atomic mass is 10.1. The Balaban J connectivity index is 1.91. The number of thioether (sulfide) groups is 1. The number of phenols is 1. The number of carbonyl (C=O) groups is 1. The van der Waals surface area contributed by atoms with Crippen molar-refractivity contribution >= 4 is 34.2 Å². The van der Waals surface area contributed by atoms with Crippen molar-refractivity contribution in [2.45, 2.75) is 24.2 Å². The number of hydrogen-bond donors (Lipinski definition) is 2. The van der Waals surface area contributed by atoms with Gasteiger partial charge in [-0.3, -0.25) is 4.79 Å². The van der Waals surface area contributed by atoms with Crippen LogP contribution >= 0.6 is 11.8 Å². The molecule has 0 spiro atoms. The first-order valence-electron chi connectivity index (χ1n) is 7.24. The highest BCUT2D eigenvalue weighted by Crippen LogP contribution is 2.26. The van der Waals surface area contributed by atoms with Crippen LogP contribution in [0.2, 0.25) is 0 Å². The van der Waals surface area contributed by atoms with Gasteiger partial charge in [0.1, 0.15) is 5.75 Å². The lowest BCUT2D eigenvalue weighted by Gasteiger charge is -2.06. The molecule has 5 nitrogen and oxygen atoms in total. The van der Waals surface area contributed by atoms with Gasteiger partial charge in [0, 0.05) is 17.1 Å². The quantitative estimate of drug-likeness (QED) is 0.265. The van der Waals surface area contributed by atoms with E-state index in [1.807, 2.05) is 24.3 Å². The van der Waals surface area contributed by atoms with Crippen molar-refractivity contribution in [3.63, 3.8) is 0 Å². The summed E-state index contributed by atoms with van der Waals surface area (Å²) in [4.78, 5) is 12.1. The van der Waals surface area contributed by atoms with Gasteiger partial charge in [0.2, 0.25) is 0 Å². The van der Waals surface area contributed by atoms with Crippen molar-refractivity contribution in [2.75, 3.05) is 12.9 Å². The minimum absolute atomic E-state index is 0.248. The third-order valence-corrected chi connectivity index (χ3v) is 4.48. The van der Waals surface area contributed by atoms with E-state index in [1.54, 1.807) is 23.9 Å². The number of oxime groups is 1. The molecule has 122 valence electrons. The van der Waals surface area contributed by atoms with Crippen LogP contribution in [-0.4, -0.2) is 34.9 Å². The van der Waals surface area contributed by atoms with Gasteiger partial charge in [0.15, 0.2) is 0 Å². The molecule has 0 atom stereocenters. The van der Waals surface area contributed by atoms with Gasteiger partial charge in [0.25, 0.3) is 0 Å². The van der Waals surface area contributed by atoms with E-state index < -0.39 is 0 Å². The Bertz CT molecular complexity index is 715. The number of phenolic OH excluding ortho intramolecular Hbond substituents is 1. The van der Waals surface area contributed by atoms with Gasteiger partial charge < -0.3 is 15.1 Å². The summed E-state index contributed by atoms with van der Waals surface area (Å²) in [5, 5.41) is 23.9. The summed E-state index contributed by atoms with van der Waals surface area (Å²) in [6, 6.07) is 11.2. The molecule has 0 aliphatic carbocycles. The van der Waals surface area contributed by atoms with E-state index in [-0.39, 0.29) is 11.7 Å². The summed E-state index contributed by atoms with van der Waals surface area (Å²) in [6.07, 6.45) is 1.48. The molecule has 0 aliphatic heterocycles. The number of aromatic hydroxyl groups is 1. The van der Waals surface area contributed by atoms with E-state index in [9.17, 15) is 9.90 Å². The molecule has 2 rings (SSSR count). The monoisotopic (exact) mass is 333 g/mol. The van der Waals surface area contributed by atoms with Crippen molar-refractivity contribution in [3.8, 4) is 5.75 Å². The molecule has 23 heavy (non-hydrogen) atoms. The molecule has 0 fully saturated rings. The molecule has 0 saturated heterocycles. The van der Waals surface area contributed by atoms with Crippen molar-refractivity contribution in [3.05, 3.63) is 36.4 Å². The SMILES string of the molecule is COC(=O)CCC/C(CSc1ccc2cc(O)ccc2c1)=N\O. The number of methoxy groups -OCH3 is 1. The fourth-order valence-corrected chi connectivity index (χ4v) is 3.07. The number of fused-ring (bicyclic) bond motifs is 1. The van der Waals surface area contributed by atoms with Crippen molar-refractivity contribution < 1.29 is 19.8 Å². The topological polar surface area (TPSA) is 79.1 Å². The fourth-order valence-electron chi connectivity index (χ4n) is 2.16. The van der Waals surface area contributed by atoms with Gasteiger partial charge in [0.05, 0.1) is 12.8 Å². The van der Waals surface area contributed by atoms with E-state index in [4.69, 9.17) is 5.21 Å². The third kappa shape index (κ3) is 5.17. The van der Waals surface area contributed by atoms with Gasteiger partial charge >= 0.3 is 5.97 Å². The first-order valence-corrected chi connectivity index (χ1v) is 8.23. The molecule has 0 saturated carbocycles. The number of benzene rings is 2. The van der Waals surface area contributed by atoms with Gasteiger partial charge in [-0.1, -0.05) is 17.3 Å². The molecule has 0 unspecified atom stereocenters. The van der Waals surface area contributed by atoms with E-state index >= 15 is 0 Å². The zero-order valence-electron chi connectivity index (χ0n) is 12.9. The van der Waals surface area contributed by atoms with Crippen LogP contribution in [0.15, 0.2) is 46.4 Å². The summed E-state index contributed by atoms with van der Waals surface area (Å²) in [5.74, 6) is 0.548. The highest BCUT2D eigenvalue weighted by Gasteiger charge is 2.06. The van der Waals surface area contributed by atoms with Crippen LogP contribution in [0.4, 0.5) is 0 Å². The molecule has 2 aromatic carbocycles. The van der Waals surface area contributed by atoms with Crippen LogP contribution in [-0.2, 0) is 9.53 Å². The minimum Gasteiger partial charge on any atom is -0.508 e. The van der Waals surface area contributed by atoms with Crippen LogP contribution in [0.5, 0.6) is 5.75 Å². The smallest absolute Gasteiger partial charge is 0.305 e. The predicted octanol–water partition coefficient (Wildman–Crippen LogP) is 3.81. The second-order valence-corrected chi connectivity index (χ2v) is 6.13. The molecule has 0 bridgehead atoms. The molecule has 0 aliphatic rings. The second kappa shape index (κ2) is 8.43. The summed E-state index contributed by atoms with van der Waals surface area (Å²) in [5.41, 5.74) is 0.643. The highest BCUT2D eigenvalue weighted by molar-refractivity contribution is 8.00. The molecule has 6 heteroatoms. The van der Waals surface area contributed by atoms with Gasteiger partial charge in [-0.25, -0.2) is 0 Å². The number of esters is 1. The Labute approximate surface area is 139 Å². The third-order valence-electron chi connectivity index (χ3n) is 3.42. The fraction of sp³-hybridized carbons (Fsp3) is 0.294. The van der Waals surface area contributed by atoms with Crippen LogP contribution < -0.4 is 0 Å². The molecular weight excluding hydrogens is 314 g/mol. The molecular formula is C17H19NO4S. The second-order valence-electron chi connectivity index (χ2n) is 5.08. The lowest BCUT2D eigenvalue weighted by Crippen LogP contribution is -2.05. The first-order chi connectivity index (χ1) is 11.1. The maximum atomic E-state index is 11.1. The Hall–Kier alpha value is -2.21. The zero-order valence-corrected chi connectivity index (χ0v) is 13.7. The van der Waals surface area contributed by atoms with Crippen LogP contribution in [0, 0.1) is 0 Å². The van der Waals surface area contributed by atoms with Crippen LogP contribution in [0.25, 0.3) is 10.8 Å². The van der Waals surface area contributed by atoms with Gasteiger partial charge in [-0.15, -0.1) is 11.8 Å². The van der Waals surface area contributed by atoms with Gasteiger partial charge in [-0.05, 0) is 47.9 Å². The average molecular weight is 333 g/mol. The lowest BCUT2D eigenvalue weighted by molar-refractivity contribution is -0.140. The Kier molecular flexibility index (Phi) is 6.29. The Morgan fingerprint density at radius 2 is 1.91 bits per heavy atom. The highest BCUT2D eigenvalue weighted by atomic mass is 32.2. The molecule has 0 amide bonds. The molecule has 0 heterocycles. The van der Waals surface area contributed by atoms with E-state index in [1.165, 1.54) is 7.11 Å². The number of rotatable bonds is 7. The van der Waals surface area contributed by atoms with Gasteiger partial charge in [-0.2, -0.15) is 0 Å². The molecule has 2 aromatic rings. The van der Waals surface area contributed by atoms with E-state index in [0.29, 0.717) is 30.7 Å². The predicted molar refractivity (Wildman–Crippen MR) is 91.4 cm³/mol. The molecule has 0 aromatic heterocycles. The Morgan fingerprint density at radius 1 is 1.17 bits per heavy atom. The van der Waals surface area contributed by atoms with Crippen LogP contribution in [0.1, 0.15) is 19.3 Å². The number of nitrogens with zero attached hydrogens (tertiary/aromatic N) is 1. The largest absolute Gasteiger partial charge is 0.508 e. The van der Waals surface area contributed by atoms with Crippen molar-refractivity contribution in [1.29, 1.82) is 0 Å². The minimum atomic E-state index is -0.257. The number of carbonyl (C=O) groups excluding carboxylic acids is 1. The van der Waals surface area contributed by atoms with Crippen LogP contribution in [0.3, 0.4) is 0 Å². The normalized spacial score (nSPS) is 11.6.